The van der Waals surface area contributed by atoms with E-state index in [-0.39, 0.29) is 11.8 Å². The van der Waals surface area contributed by atoms with Crippen LogP contribution in [0.4, 0.5) is 0 Å². The first-order valence-corrected chi connectivity index (χ1v) is 11.2. The Morgan fingerprint density at radius 2 is 1.79 bits per heavy atom. The summed E-state index contributed by atoms with van der Waals surface area (Å²) in [6, 6.07) is 23.5. The van der Waals surface area contributed by atoms with Crippen LogP contribution in [0, 0.1) is 0 Å². The molecule has 0 radical (unpaired) electrons. The summed E-state index contributed by atoms with van der Waals surface area (Å²) >= 11 is 0. The number of carbonyl (C=O) groups is 1. The van der Waals surface area contributed by atoms with Gasteiger partial charge in [0.05, 0.1) is 7.11 Å². The van der Waals surface area contributed by atoms with Crippen LogP contribution in [0.1, 0.15) is 35.7 Å². The van der Waals surface area contributed by atoms with Gasteiger partial charge in [-0.1, -0.05) is 54.6 Å². The summed E-state index contributed by atoms with van der Waals surface area (Å²) < 4.78 is 7.56. The number of rotatable bonds is 5. The van der Waals surface area contributed by atoms with Gasteiger partial charge in [0.25, 0.3) is 5.91 Å². The maximum Gasteiger partial charge on any atom is 0.254 e. The molecule has 1 unspecified atom stereocenters. The predicted octanol–water partition coefficient (Wildman–Crippen LogP) is 4.68. The standard InChI is InChI=1S/C27H26N4O2/c1-33-24-14-6-5-12-21(24)18-23(20-10-3-2-4-11-20)27(32)30-16-9-13-22(19-30)26-29-28-25-15-7-8-17-31(25)26/h2-8,10-12,14-15,17-18,22H,9,13,16,19H2,1H3/b23-18+. The summed E-state index contributed by atoms with van der Waals surface area (Å²) in [6.07, 6.45) is 5.83. The fourth-order valence-electron chi connectivity index (χ4n) is 4.51. The van der Waals surface area contributed by atoms with E-state index >= 15 is 0 Å². The van der Waals surface area contributed by atoms with Gasteiger partial charge < -0.3 is 9.64 Å². The monoisotopic (exact) mass is 438 g/mol. The molecule has 1 atom stereocenters. The lowest BCUT2D eigenvalue weighted by Crippen LogP contribution is -2.40. The molecule has 0 spiro atoms. The number of para-hydroxylation sites is 1. The average molecular weight is 439 g/mol. The molecule has 166 valence electrons. The summed E-state index contributed by atoms with van der Waals surface area (Å²) in [7, 11) is 1.65. The highest BCUT2D eigenvalue weighted by molar-refractivity contribution is 6.24. The average Bonchev–Trinajstić information content (AvgIpc) is 3.32. The van der Waals surface area contributed by atoms with Crippen molar-refractivity contribution >= 4 is 23.2 Å². The molecule has 2 aromatic heterocycles. The van der Waals surface area contributed by atoms with Gasteiger partial charge in [-0.25, -0.2) is 0 Å². The Balaban J connectivity index is 1.48. The molecule has 0 bridgehead atoms. The zero-order valence-electron chi connectivity index (χ0n) is 18.6. The lowest BCUT2D eigenvalue weighted by Gasteiger charge is -2.32. The second-order valence-corrected chi connectivity index (χ2v) is 8.24. The van der Waals surface area contributed by atoms with Crippen LogP contribution in [-0.2, 0) is 4.79 Å². The molecule has 1 fully saturated rings. The number of ether oxygens (including phenoxy) is 1. The number of amides is 1. The van der Waals surface area contributed by atoms with Crippen LogP contribution in [-0.4, -0.2) is 45.6 Å². The Kier molecular flexibility index (Phi) is 5.89. The van der Waals surface area contributed by atoms with Gasteiger partial charge in [-0.05, 0) is 42.7 Å². The molecule has 1 saturated heterocycles. The molecule has 0 N–H and O–H groups in total. The number of likely N-dealkylation sites (tertiary alicyclic amines) is 1. The molecule has 2 aromatic carbocycles. The second kappa shape index (κ2) is 9.28. The smallest absolute Gasteiger partial charge is 0.254 e. The minimum Gasteiger partial charge on any atom is -0.496 e. The normalized spacial score (nSPS) is 16.7. The first kappa shape index (κ1) is 20.9. The number of hydrogen-bond acceptors (Lipinski definition) is 4. The van der Waals surface area contributed by atoms with Crippen LogP contribution in [0.2, 0.25) is 0 Å². The summed E-state index contributed by atoms with van der Waals surface area (Å²) in [6.45, 7) is 1.34. The van der Waals surface area contributed by atoms with Crippen molar-refractivity contribution in [3.8, 4) is 5.75 Å². The number of aromatic nitrogens is 3. The van der Waals surface area contributed by atoms with Crippen molar-refractivity contribution in [1.82, 2.24) is 19.5 Å². The van der Waals surface area contributed by atoms with E-state index in [0.717, 1.165) is 47.7 Å². The fourth-order valence-corrected chi connectivity index (χ4v) is 4.51. The quantitative estimate of drug-likeness (QED) is 0.335. The molecule has 1 aliphatic rings. The highest BCUT2D eigenvalue weighted by Crippen LogP contribution is 2.30. The molecule has 33 heavy (non-hydrogen) atoms. The minimum absolute atomic E-state index is 0.0191. The number of piperidine rings is 1. The van der Waals surface area contributed by atoms with Crippen molar-refractivity contribution in [2.24, 2.45) is 0 Å². The van der Waals surface area contributed by atoms with Gasteiger partial charge in [0.1, 0.15) is 11.6 Å². The maximum atomic E-state index is 13.9. The molecule has 5 rings (SSSR count). The largest absolute Gasteiger partial charge is 0.496 e. The first-order chi connectivity index (χ1) is 16.2. The van der Waals surface area contributed by atoms with Crippen LogP contribution in [0.25, 0.3) is 17.3 Å². The third-order valence-electron chi connectivity index (χ3n) is 6.17. The third-order valence-corrected chi connectivity index (χ3v) is 6.17. The van der Waals surface area contributed by atoms with Crippen molar-refractivity contribution < 1.29 is 9.53 Å². The number of carbonyl (C=O) groups excluding carboxylic acids is 1. The highest BCUT2D eigenvalue weighted by atomic mass is 16.5. The molecule has 6 nitrogen and oxygen atoms in total. The number of benzene rings is 2. The Morgan fingerprint density at radius 1 is 1.00 bits per heavy atom. The molecule has 0 saturated carbocycles. The zero-order valence-corrected chi connectivity index (χ0v) is 18.6. The molecule has 1 amide bonds. The summed E-state index contributed by atoms with van der Waals surface area (Å²) in [4.78, 5) is 15.8. The Hall–Kier alpha value is -3.93. The Bertz CT molecular complexity index is 1300. The van der Waals surface area contributed by atoms with Crippen molar-refractivity contribution in [3.63, 3.8) is 0 Å². The topological polar surface area (TPSA) is 59.7 Å². The van der Waals surface area contributed by atoms with E-state index in [0.29, 0.717) is 12.1 Å². The van der Waals surface area contributed by atoms with Gasteiger partial charge >= 0.3 is 0 Å². The van der Waals surface area contributed by atoms with E-state index in [1.807, 2.05) is 94.4 Å². The van der Waals surface area contributed by atoms with Crippen LogP contribution in [0.5, 0.6) is 5.75 Å². The number of fused-ring (bicyclic) bond motifs is 1. The van der Waals surface area contributed by atoms with Gasteiger partial charge in [0, 0.05) is 36.3 Å². The molecular formula is C27H26N4O2. The van der Waals surface area contributed by atoms with Gasteiger partial charge in [-0.2, -0.15) is 0 Å². The van der Waals surface area contributed by atoms with Crippen molar-refractivity contribution in [3.05, 3.63) is 95.9 Å². The van der Waals surface area contributed by atoms with Crippen LogP contribution < -0.4 is 4.74 Å². The summed E-state index contributed by atoms with van der Waals surface area (Å²) in [5.74, 6) is 1.82. The van der Waals surface area contributed by atoms with Gasteiger partial charge in [-0.3, -0.25) is 9.20 Å². The van der Waals surface area contributed by atoms with E-state index < -0.39 is 0 Å². The van der Waals surface area contributed by atoms with Gasteiger partial charge in [0.2, 0.25) is 0 Å². The van der Waals surface area contributed by atoms with E-state index in [2.05, 4.69) is 10.2 Å². The van der Waals surface area contributed by atoms with E-state index in [9.17, 15) is 4.79 Å². The van der Waals surface area contributed by atoms with Crippen LogP contribution >= 0.6 is 0 Å². The Morgan fingerprint density at radius 3 is 2.64 bits per heavy atom. The number of hydrogen-bond donors (Lipinski definition) is 0. The van der Waals surface area contributed by atoms with Crippen molar-refractivity contribution in [2.75, 3.05) is 20.2 Å². The lowest BCUT2D eigenvalue weighted by molar-refractivity contribution is -0.126. The first-order valence-electron chi connectivity index (χ1n) is 11.2. The highest BCUT2D eigenvalue weighted by Gasteiger charge is 2.29. The summed E-state index contributed by atoms with van der Waals surface area (Å²) in [5.41, 5.74) is 3.26. The van der Waals surface area contributed by atoms with Crippen LogP contribution in [0.15, 0.2) is 79.0 Å². The van der Waals surface area contributed by atoms with Crippen LogP contribution in [0.3, 0.4) is 0 Å². The minimum atomic E-state index is 0.0191. The fraction of sp³-hybridized carbons (Fsp3) is 0.222. The van der Waals surface area contributed by atoms with E-state index in [4.69, 9.17) is 4.74 Å². The molecule has 4 aromatic rings. The number of nitrogens with zero attached hydrogens (tertiary/aromatic N) is 4. The maximum absolute atomic E-state index is 13.9. The Labute approximate surface area is 193 Å². The van der Waals surface area contributed by atoms with Gasteiger partial charge in [-0.15, -0.1) is 10.2 Å². The summed E-state index contributed by atoms with van der Waals surface area (Å²) in [5, 5.41) is 8.76. The zero-order chi connectivity index (χ0) is 22.6. The van der Waals surface area contributed by atoms with E-state index in [1.54, 1.807) is 7.11 Å². The van der Waals surface area contributed by atoms with Crippen molar-refractivity contribution in [2.45, 2.75) is 18.8 Å². The molecule has 6 heteroatoms. The third kappa shape index (κ3) is 4.24. The predicted molar refractivity (Wildman–Crippen MR) is 129 cm³/mol. The SMILES string of the molecule is COc1ccccc1/C=C(/C(=O)N1CCCC(c2nnc3ccccn23)C1)c1ccccc1. The lowest BCUT2D eigenvalue weighted by atomic mass is 9.95. The number of methoxy groups -OCH3 is 1. The molecule has 0 aliphatic carbocycles. The second-order valence-electron chi connectivity index (χ2n) is 8.24. The molecular weight excluding hydrogens is 412 g/mol. The molecule has 3 heterocycles. The van der Waals surface area contributed by atoms with Crippen molar-refractivity contribution in [1.29, 1.82) is 0 Å². The number of pyridine rings is 1. The van der Waals surface area contributed by atoms with Gasteiger partial charge in [0.15, 0.2) is 5.65 Å². The molecule has 1 aliphatic heterocycles. The van der Waals surface area contributed by atoms with E-state index in [1.165, 1.54) is 0 Å².